The molecule has 0 bridgehead atoms. The highest BCUT2D eigenvalue weighted by atomic mass is 16.2. The Balaban J connectivity index is 1.66. The molecule has 0 radical (unpaired) electrons. The third-order valence-electron chi connectivity index (χ3n) is 4.56. The lowest BCUT2D eigenvalue weighted by Gasteiger charge is -2.24. The van der Waals surface area contributed by atoms with Crippen LogP contribution in [0.2, 0.25) is 0 Å². The van der Waals surface area contributed by atoms with E-state index in [-0.39, 0.29) is 5.91 Å². The Hall–Kier alpha value is -2.13. The topological polar surface area (TPSA) is 32.3 Å². The summed E-state index contributed by atoms with van der Waals surface area (Å²) < 4.78 is 0. The summed E-state index contributed by atoms with van der Waals surface area (Å²) in [5, 5.41) is 3.07. The Bertz CT molecular complexity index is 681. The van der Waals surface area contributed by atoms with Gasteiger partial charge in [0.2, 0.25) is 5.91 Å². The Morgan fingerprint density at radius 2 is 1.96 bits per heavy atom. The molecule has 2 aromatic rings. The number of aryl methyl sites for hydroxylation is 2. The molecular formula is C20H24N2O. The van der Waals surface area contributed by atoms with Gasteiger partial charge in [0.15, 0.2) is 0 Å². The second-order valence-electron chi connectivity index (χ2n) is 6.41. The van der Waals surface area contributed by atoms with Gasteiger partial charge in [-0.25, -0.2) is 0 Å². The predicted molar refractivity (Wildman–Crippen MR) is 94.5 cm³/mol. The van der Waals surface area contributed by atoms with Crippen LogP contribution in [0, 0.1) is 13.8 Å². The van der Waals surface area contributed by atoms with Crippen molar-refractivity contribution in [2.45, 2.75) is 32.7 Å². The molecule has 1 fully saturated rings. The highest BCUT2D eigenvalue weighted by Crippen LogP contribution is 2.31. The number of nitrogens with zero attached hydrogens (tertiary/aromatic N) is 1. The van der Waals surface area contributed by atoms with E-state index >= 15 is 0 Å². The van der Waals surface area contributed by atoms with Crippen LogP contribution in [-0.2, 0) is 4.79 Å². The highest BCUT2D eigenvalue weighted by molar-refractivity contribution is 5.93. The van der Waals surface area contributed by atoms with Gasteiger partial charge in [0.1, 0.15) is 0 Å². The maximum atomic E-state index is 12.5. The molecule has 0 spiro atoms. The summed E-state index contributed by atoms with van der Waals surface area (Å²) in [7, 11) is 0. The van der Waals surface area contributed by atoms with Gasteiger partial charge in [0.25, 0.3) is 0 Å². The lowest BCUT2D eigenvalue weighted by molar-refractivity contribution is -0.117. The van der Waals surface area contributed by atoms with Crippen LogP contribution in [0.3, 0.4) is 0 Å². The second kappa shape index (κ2) is 6.97. The van der Waals surface area contributed by atoms with Crippen LogP contribution in [0.4, 0.5) is 5.69 Å². The van der Waals surface area contributed by atoms with Gasteiger partial charge in [-0.1, -0.05) is 42.5 Å². The summed E-state index contributed by atoms with van der Waals surface area (Å²) in [6.45, 7) is 5.51. The normalized spacial score (nSPS) is 18.1. The van der Waals surface area contributed by atoms with E-state index in [1.807, 2.05) is 32.0 Å². The third-order valence-corrected chi connectivity index (χ3v) is 4.56. The second-order valence-corrected chi connectivity index (χ2v) is 6.41. The summed E-state index contributed by atoms with van der Waals surface area (Å²) in [6.07, 6.45) is 2.27. The van der Waals surface area contributed by atoms with E-state index in [0.717, 1.165) is 36.2 Å². The van der Waals surface area contributed by atoms with Crippen LogP contribution in [0.15, 0.2) is 48.5 Å². The zero-order valence-corrected chi connectivity index (χ0v) is 13.9. The summed E-state index contributed by atoms with van der Waals surface area (Å²) in [6, 6.07) is 17.0. The van der Waals surface area contributed by atoms with Crippen LogP contribution in [0.25, 0.3) is 0 Å². The average Bonchev–Trinajstić information content (AvgIpc) is 3.00. The van der Waals surface area contributed by atoms with Crippen molar-refractivity contribution in [2.75, 3.05) is 18.4 Å². The van der Waals surface area contributed by atoms with Crippen LogP contribution < -0.4 is 5.32 Å². The van der Waals surface area contributed by atoms with Gasteiger partial charge in [-0.15, -0.1) is 0 Å². The lowest BCUT2D eigenvalue weighted by Crippen LogP contribution is -2.33. The quantitative estimate of drug-likeness (QED) is 0.923. The first-order valence-electron chi connectivity index (χ1n) is 8.29. The van der Waals surface area contributed by atoms with E-state index in [9.17, 15) is 4.79 Å². The first-order chi connectivity index (χ1) is 11.1. The summed E-state index contributed by atoms with van der Waals surface area (Å²) in [4.78, 5) is 14.7. The Morgan fingerprint density at radius 1 is 1.17 bits per heavy atom. The van der Waals surface area contributed by atoms with Crippen molar-refractivity contribution < 1.29 is 4.79 Å². The largest absolute Gasteiger partial charge is 0.325 e. The summed E-state index contributed by atoms with van der Waals surface area (Å²) >= 11 is 0. The molecule has 3 nitrogen and oxygen atoms in total. The number of nitrogens with one attached hydrogen (secondary N) is 1. The molecule has 120 valence electrons. The number of carbonyl (C=O) groups excluding carboxylic acids is 1. The van der Waals surface area contributed by atoms with Gasteiger partial charge in [-0.2, -0.15) is 0 Å². The molecule has 2 aromatic carbocycles. The molecule has 3 rings (SSSR count). The molecule has 23 heavy (non-hydrogen) atoms. The molecule has 1 saturated heterocycles. The van der Waals surface area contributed by atoms with Gasteiger partial charge in [-0.05, 0) is 56.0 Å². The fourth-order valence-corrected chi connectivity index (χ4v) is 3.31. The Labute approximate surface area is 138 Å². The first-order valence-corrected chi connectivity index (χ1v) is 8.29. The number of likely N-dealkylation sites (tertiary alicyclic amines) is 1. The smallest absolute Gasteiger partial charge is 0.238 e. The zero-order valence-electron chi connectivity index (χ0n) is 13.9. The average molecular weight is 308 g/mol. The highest BCUT2D eigenvalue weighted by Gasteiger charge is 2.27. The maximum absolute atomic E-state index is 12.5. The van der Waals surface area contributed by atoms with E-state index in [4.69, 9.17) is 0 Å². The first kappa shape index (κ1) is 15.8. The van der Waals surface area contributed by atoms with Gasteiger partial charge in [0, 0.05) is 11.7 Å². The Kier molecular flexibility index (Phi) is 4.77. The van der Waals surface area contributed by atoms with E-state index < -0.39 is 0 Å². The molecule has 0 aliphatic carbocycles. The molecule has 1 aliphatic heterocycles. The van der Waals surface area contributed by atoms with E-state index in [0.29, 0.717) is 12.6 Å². The monoisotopic (exact) mass is 308 g/mol. The number of hydrogen-bond donors (Lipinski definition) is 1. The van der Waals surface area contributed by atoms with E-state index in [2.05, 4.69) is 40.5 Å². The number of hydrogen-bond acceptors (Lipinski definition) is 2. The molecule has 1 atom stereocenters. The SMILES string of the molecule is Cc1ccc(C)c(NC(=O)CN2CCCC2c2ccccc2)c1. The minimum Gasteiger partial charge on any atom is -0.325 e. The molecule has 0 saturated carbocycles. The standard InChI is InChI=1S/C20H24N2O/c1-15-10-11-16(2)18(13-15)21-20(23)14-22-12-6-9-19(22)17-7-4-3-5-8-17/h3-5,7-8,10-11,13,19H,6,9,12,14H2,1-2H3,(H,21,23). The van der Waals surface area contributed by atoms with Crippen molar-refractivity contribution >= 4 is 11.6 Å². The molecule has 1 aliphatic rings. The van der Waals surface area contributed by atoms with Crippen LogP contribution in [0.5, 0.6) is 0 Å². The molecule has 1 amide bonds. The van der Waals surface area contributed by atoms with Gasteiger partial charge < -0.3 is 5.32 Å². The minimum atomic E-state index is 0.0709. The maximum Gasteiger partial charge on any atom is 0.238 e. The summed E-state index contributed by atoms with van der Waals surface area (Å²) in [5.41, 5.74) is 4.49. The number of amides is 1. The van der Waals surface area contributed by atoms with Crippen molar-refractivity contribution in [3.8, 4) is 0 Å². The van der Waals surface area contributed by atoms with E-state index in [1.54, 1.807) is 0 Å². The van der Waals surface area contributed by atoms with Crippen molar-refractivity contribution in [1.82, 2.24) is 4.90 Å². The molecule has 1 heterocycles. The number of anilines is 1. The van der Waals surface area contributed by atoms with Crippen LogP contribution in [0.1, 0.15) is 35.6 Å². The molecule has 1 unspecified atom stereocenters. The lowest BCUT2D eigenvalue weighted by atomic mass is 10.0. The van der Waals surface area contributed by atoms with E-state index in [1.165, 1.54) is 5.56 Å². The third kappa shape index (κ3) is 3.80. The van der Waals surface area contributed by atoms with Crippen molar-refractivity contribution in [3.05, 3.63) is 65.2 Å². The molecule has 1 N–H and O–H groups in total. The van der Waals surface area contributed by atoms with Crippen LogP contribution in [-0.4, -0.2) is 23.9 Å². The van der Waals surface area contributed by atoms with Gasteiger partial charge in [0.05, 0.1) is 6.54 Å². The van der Waals surface area contributed by atoms with Gasteiger partial charge in [-0.3, -0.25) is 9.69 Å². The van der Waals surface area contributed by atoms with Crippen LogP contribution >= 0.6 is 0 Å². The van der Waals surface area contributed by atoms with Crippen molar-refractivity contribution in [3.63, 3.8) is 0 Å². The number of carbonyl (C=O) groups is 1. The van der Waals surface area contributed by atoms with Gasteiger partial charge >= 0.3 is 0 Å². The Morgan fingerprint density at radius 3 is 2.74 bits per heavy atom. The van der Waals surface area contributed by atoms with Crippen molar-refractivity contribution in [2.24, 2.45) is 0 Å². The minimum absolute atomic E-state index is 0.0709. The molecular weight excluding hydrogens is 284 g/mol. The predicted octanol–water partition coefficient (Wildman–Crippen LogP) is 4.08. The molecule has 0 aromatic heterocycles. The fourth-order valence-electron chi connectivity index (χ4n) is 3.31. The fraction of sp³-hybridized carbons (Fsp3) is 0.350. The number of rotatable bonds is 4. The number of benzene rings is 2. The van der Waals surface area contributed by atoms with Crippen molar-refractivity contribution in [1.29, 1.82) is 0 Å². The zero-order chi connectivity index (χ0) is 16.2. The summed E-state index contributed by atoms with van der Waals surface area (Å²) in [5.74, 6) is 0.0709. The molecule has 3 heteroatoms.